The summed E-state index contributed by atoms with van der Waals surface area (Å²) in [5, 5.41) is 41.0. The van der Waals surface area contributed by atoms with E-state index < -0.39 is 24.9 Å². The van der Waals surface area contributed by atoms with Crippen LogP contribution in [0.5, 0.6) is 0 Å². The number of aliphatic hydroxyl groups excluding tert-OH is 4. The van der Waals surface area contributed by atoms with Crippen molar-refractivity contribution in [3.05, 3.63) is 0 Å². The Labute approximate surface area is 103 Å². The average Bonchev–Trinajstić information content (AvgIpc) is 2.27. The maximum atomic E-state index is 9.98. The van der Waals surface area contributed by atoms with Crippen molar-refractivity contribution in [2.24, 2.45) is 0 Å². The minimum Gasteiger partial charge on any atom is -0.373 e. The fourth-order valence-electron chi connectivity index (χ4n) is 1.85. The van der Waals surface area contributed by atoms with Gasteiger partial charge in [-0.05, 0) is 12.8 Å². The number of hydrogen-bond donors (Lipinski definition) is 4. The van der Waals surface area contributed by atoms with Crippen LogP contribution in [0.15, 0.2) is 0 Å². The molecule has 0 radical (unpaired) electrons. The van der Waals surface area contributed by atoms with Gasteiger partial charge in [-0.1, -0.05) is 18.9 Å². The van der Waals surface area contributed by atoms with E-state index in [2.05, 4.69) is 0 Å². The van der Waals surface area contributed by atoms with Gasteiger partial charge in [0.2, 0.25) is 12.5 Å². The highest BCUT2D eigenvalue weighted by atomic mass is 16.4. The molecule has 0 saturated heterocycles. The van der Waals surface area contributed by atoms with Gasteiger partial charge in [0.25, 0.3) is 0 Å². The highest BCUT2D eigenvalue weighted by molar-refractivity contribution is 4.56. The minimum absolute atomic E-state index is 0.343. The van der Waals surface area contributed by atoms with Crippen molar-refractivity contribution in [3.8, 4) is 0 Å². The second-order valence-corrected chi connectivity index (χ2v) is 4.52. The first-order chi connectivity index (χ1) is 7.73. The molecule has 104 valence electrons. The van der Waals surface area contributed by atoms with Gasteiger partial charge in [0.15, 0.2) is 12.5 Å². The molecule has 0 saturated carbocycles. The lowest BCUT2D eigenvalue weighted by Gasteiger charge is -2.49. The summed E-state index contributed by atoms with van der Waals surface area (Å²) in [4.78, 5) is 0. The van der Waals surface area contributed by atoms with Gasteiger partial charge >= 0.3 is 0 Å². The molecule has 0 aromatic heterocycles. The van der Waals surface area contributed by atoms with Crippen molar-refractivity contribution in [3.63, 3.8) is 0 Å². The first kappa shape index (κ1) is 16.8. The lowest BCUT2D eigenvalue weighted by atomic mass is 10.3. The Balaban J connectivity index is 5.37. The molecule has 0 heterocycles. The van der Waals surface area contributed by atoms with Gasteiger partial charge in [-0.25, -0.2) is 0 Å². The third-order valence-electron chi connectivity index (χ3n) is 3.35. The van der Waals surface area contributed by atoms with E-state index in [4.69, 9.17) is 0 Å². The van der Waals surface area contributed by atoms with Crippen molar-refractivity contribution < 1.29 is 25.0 Å². The molecule has 0 amide bonds. The monoisotopic (exact) mass is 251 g/mol. The summed E-state index contributed by atoms with van der Waals surface area (Å²) >= 11 is 0. The Bertz CT molecular complexity index is 206. The van der Waals surface area contributed by atoms with E-state index in [1.54, 1.807) is 20.9 Å². The number of hydrogen-bond acceptors (Lipinski definition) is 5. The van der Waals surface area contributed by atoms with Crippen molar-refractivity contribution in [1.82, 2.24) is 5.01 Å². The van der Waals surface area contributed by atoms with Crippen LogP contribution in [0.2, 0.25) is 0 Å². The first-order valence-corrected chi connectivity index (χ1v) is 6.10. The van der Waals surface area contributed by atoms with Crippen molar-refractivity contribution in [2.75, 3.05) is 7.05 Å². The van der Waals surface area contributed by atoms with Crippen LogP contribution in [0.3, 0.4) is 0 Å². The normalized spacial score (nSPS) is 22.9. The van der Waals surface area contributed by atoms with Crippen molar-refractivity contribution in [1.29, 1.82) is 0 Å². The quantitative estimate of drug-likeness (QED) is 0.286. The molecule has 0 spiro atoms. The Kier molecular flexibility index (Phi) is 6.53. The standard InChI is InChI=1S/C11H27N2O4/c1-6-10(16)12(11(17)7-2)13(5,8(3)14)9(4)15/h8-11,14-17H,6-7H2,1-5H3/q+1. The first-order valence-electron chi connectivity index (χ1n) is 6.10. The number of nitrogens with zero attached hydrogens (tertiary/aromatic N) is 2. The molecule has 0 aromatic carbocycles. The van der Waals surface area contributed by atoms with E-state index in [9.17, 15) is 20.4 Å². The summed E-state index contributed by atoms with van der Waals surface area (Å²) in [6.07, 6.45) is -2.97. The van der Waals surface area contributed by atoms with E-state index in [0.717, 1.165) is 0 Å². The molecule has 0 bridgehead atoms. The third kappa shape index (κ3) is 3.37. The molecule has 17 heavy (non-hydrogen) atoms. The van der Waals surface area contributed by atoms with E-state index >= 15 is 0 Å². The number of aliphatic hydroxyl groups is 4. The molecule has 0 aliphatic heterocycles. The number of quaternary nitrogens is 1. The zero-order valence-corrected chi connectivity index (χ0v) is 11.4. The van der Waals surface area contributed by atoms with Crippen LogP contribution in [-0.2, 0) is 0 Å². The van der Waals surface area contributed by atoms with Crippen LogP contribution < -0.4 is 0 Å². The maximum absolute atomic E-state index is 9.98. The molecular formula is C11H27N2O4+. The molecule has 6 heteroatoms. The SMILES string of the molecule is CCC(O)N(C(O)CC)[N+](C)(C(C)O)C(C)O. The lowest BCUT2D eigenvalue weighted by Crippen LogP contribution is -2.71. The fraction of sp³-hybridized carbons (Fsp3) is 1.00. The highest BCUT2D eigenvalue weighted by Gasteiger charge is 2.46. The van der Waals surface area contributed by atoms with Gasteiger partial charge < -0.3 is 20.4 Å². The largest absolute Gasteiger partial charge is 0.373 e. The van der Waals surface area contributed by atoms with Crippen molar-refractivity contribution in [2.45, 2.75) is 65.4 Å². The van der Waals surface area contributed by atoms with Crippen LogP contribution in [-0.4, -0.2) is 62.0 Å². The molecule has 0 rings (SSSR count). The summed E-state index contributed by atoms with van der Waals surface area (Å²) in [5.41, 5.74) is 0. The molecule has 0 aliphatic carbocycles. The Morgan fingerprint density at radius 1 is 0.882 bits per heavy atom. The van der Waals surface area contributed by atoms with Crippen LogP contribution in [0.1, 0.15) is 40.5 Å². The molecule has 0 aliphatic rings. The molecule has 4 N–H and O–H groups in total. The third-order valence-corrected chi connectivity index (χ3v) is 3.35. The summed E-state index contributed by atoms with van der Waals surface area (Å²) < 4.78 is -0.343. The summed E-state index contributed by atoms with van der Waals surface area (Å²) in [6, 6.07) is 0. The average molecular weight is 251 g/mol. The minimum atomic E-state index is -0.947. The Morgan fingerprint density at radius 2 is 1.18 bits per heavy atom. The van der Waals surface area contributed by atoms with Gasteiger partial charge in [0.05, 0.1) is 7.05 Å². The van der Waals surface area contributed by atoms with E-state index in [1.807, 2.05) is 0 Å². The molecule has 0 aromatic rings. The van der Waals surface area contributed by atoms with Gasteiger partial charge in [0.1, 0.15) is 0 Å². The number of rotatable bonds is 7. The van der Waals surface area contributed by atoms with Crippen molar-refractivity contribution >= 4 is 0 Å². The van der Waals surface area contributed by atoms with Crippen LogP contribution in [0.4, 0.5) is 0 Å². The fourth-order valence-corrected chi connectivity index (χ4v) is 1.85. The predicted molar refractivity (Wildman–Crippen MR) is 64.0 cm³/mol. The second kappa shape index (κ2) is 6.63. The Hall–Kier alpha value is -0.240. The zero-order valence-electron chi connectivity index (χ0n) is 11.4. The van der Waals surface area contributed by atoms with Gasteiger partial charge in [-0.3, -0.25) is 0 Å². The van der Waals surface area contributed by atoms with E-state index in [0.29, 0.717) is 12.8 Å². The van der Waals surface area contributed by atoms with Crippen LogP contribution in [0, 0.1) is 0 Å². The smallest absolute Gasteiger partial charge is 0.207 e. The summed E-state index contributed by atoms with van der Waals surface area (Å²) in [6.45, 7) is 6.58. The molecule has 4 unspecified atom stereocenters. The molecule has 6 nitrogen and oxygen atoms in total. The topological polar surface area (TPSA) is 84.2 Å². The molecular weight excluding hydrogens is 224 g/mol. The van der Waals surface area contributed by atoms with Gasteiger partial charge in [-0.2, -0.15) is 4.59 Å². The lowest BCUT2D eigenvalue weighted by molar-refractivity contribution is -1.10. The summed E-state index contributed by atoms with van der Waals surface area (Å²) in [7, 11) is 1.58. The summed E-state index contributed by atoms with van der Waals surface area (Å²) in [5.74, 6) is 0. The maximum Gasteiger partial charge on any atom is 0.207 e. The van der Waals surface area contributed by atoms with E-state index in [-0.39, 0.29) is 4.59 Å². The molecule has 4 atom stereocenters. The van der Waals surface area contributed by atoms with E-state index in [1.165, 1.54) is 18.9 Å². The van der Waals surface area contributed by atoms with Gasteiger partial charge in [0, 0.05) is 13.8 Å². The Morgan fingerprint density at radius 3 is 1.35 bits per heavy atom. The van der Waals surface area contributed by atoms with Gasteiger partial charge in [-0.15, -0.1) is 0 Å². The predicted octanol–water partition coefficient (Wildman–Crippen LogP) is -0.217. The van der Waals surface area contributed by atoms with Crippen LogP contribution >= 0.6 is 0 Å². The second-order valence-electron chi connectivity index (χ2n) is 4.52. The highest BCUT2D eigenvalue weighted by Crippen LogP contribution is 2.24. The van der Waals surface area contributed by atoms with Crippen LogP contribution in [0.25, 0.3) is 0 Å². The molecule has 0 fully saturated rings. The zero-order chi connectivity index (χ0) is 13.8.